The predicted molar refractivity (Wildman–Crippen MR) is 156 cm³/mol. The minimum absolute atomic E-state index is 0.00637. The number of allylic oxidation sites excluding steroid dienone is 3. The number of nitrogens with zero attached hydrogens (tertiary/aromatic N) is 1. The van der Waals surface area contributed by atoms with Crippen molar-refractivity contribution in [2.24, 2.45) is 5.92 Å². The largest absolute Gasteiger partial charge is 0.503 e. The molecule has 1 aromatic heterocycles. The zero-order chi connectivity index (χ0) is 31.5. The average Bonchev–Trinajstić information content (AvgIpc) is 2.99. The number of rotatable bonds is 10. The fourth-order valence-electron chi connectivity index (χ4n) is 4.50. The topological polar surface area (TPSA) is 150 Å². The number of pyridine rings is 1. The summed E-state index contributed by atoms with van der Waals surface area (Å²) in [4.78, 5) is 56.4. The predicted octanol–water partition coefficient (Wildman–Crippen LogP) is 3.85. The lowest BCUT2D eigenvalue weighted by atomic mass is 9.91. The van der Waals surface area contributed by atoms with Gasteiger partial charge >= 0.3 is 17.9 Å². The van der Waals surface area contributed by atoms with Crippen molar-refractivity contribution in [2.45, 2.75) is 65.2 Å². The first-order valence-electron chi connectivity index (χ1n) is 13.9. The van der Waals surface area contributed by atoms with E-state index in [1.165, 1.54) is 37.9 Å². The zero-order valence-electron chi connectivity index (χ0n) is 25.0. The van der Waals surface area contributed by atoms with Crippen molar-refractivity contribution >= 4 is 23.8 Å². The van der Waals surface area contributed by atoms with Gasteiger partial charge in [-0.3, -0.25) is 9.59 Å². The van der Waals surface area contributed by atoms with Gasteiger partial charge in [-0.25, -0.2) is 14.6 Å². The Morgan fingerprint density at radius 1 is 1.12 bits per heavy atom. The molecule has 2 heterocycles. The number of hydrogen-bond acceptors (Lipinski definition) is 10. The number of nitrogens with one attached hydrogen (secondary N) is 1. The van der Waals surface area contributed by atoms with Crippen LogP contribution in [0.4, 0.5) is 0 Å². The highest BCUT2D eigenvalue weighted by Gasteiger charge is 2.42. The van der Waals surface area contributed by atoms with Gasteiger partial charge in [-0.05, 0) is 52.5 Å². The molecule has 0 spiro atoms. The average molecular weight is 595 g/mol. The van der Waals surface area contributed by atoms with E-state index in [1.807, 2.05) is 51.1 Å². The molecule has 0 aliphatic carbocycles. The summed E-state index contributed by atoms with van der Waals surface area (Å²) in [5.74, 6) is -4.80. The second kappa shape index (κ2) is 15.5. The number of cyclic esters (lactones) is 2. The highest BCUT2D eigenvalue weighted by Crippen LogP contribution is 2.28. The third-order valence-corrected chi connectivity index (χ3v) is 6.77. The van der Waals surface area contributed by atoms with E-state index in [0.717, 1.165) is 17.6 Å². The normalized spacial score (nSPS) is 20.8. The lowest BCUT2D eigenvalue weighted by molar-refractivity contribution is -0.171. The molecule has 2 N–H and O–H groups in total. The van der Waals surface area contributed by atoms with Crippen molar-refractivity contribution in [1.29, 1.82) is 0 Å². The van der Waals surface area contributed by atoms with Crippen LogP contribution in [0.2, 0.25) is 0 Å². The molecule has 3 rings (SSSR count). The van der Waals surface area contributed by atoms with Crippen LogP contribution >= 0.6 is 0 Å². The summed E-state index contributed by atoms with van der Waals surface area (Å²) < 4.78 is 21.9. The number of methoxy groups -OCH3 is 1. The highest BCUT2D eigenvalue weighted by atomic mass is 16.6. The van der Waals surface area contributed by atoms with E-state index in [4.69, 9.17) is 18.9 Å². The standard InChI is InChI=1S/C32H38N2O9/c1-19(2)10-9-11-20(3)16-26(35)43-29-21(4)42-32(39)24(34-30(37)27-28(36)25(40-5)14-15-33-27)18-41-31(38)23(29)17-22-12-7-6-8-13-22/h6-8,10,12-16,21,23-24,29,36H,9,11,17-18H2,1-5H3,(H,34,37)/b20-16+. The second-order valence-corrected chi connectivity index (χ2v) is 10.5. The van der Waals surface area contributed by atoms with Crippen LogP contribution in [0.1, 0.15) is 56.6 Å². The number of benzene rings is 1. The Balaban J connectivity index is 1.86. The molecule has 43 heavy (non-hydrogen) atoms. The van der Waals surface area contributed by atoms with Crippen molar-refractivity contribution in [3.05, 3.63) is 77.2 Å². The van der Waals surface area contributed by atoms with Crippen LogP contribution in [-0.4, -0.2) is 65.9 Å². The van der Waals surface area contributed by atoms with Gasteiger partial charge in [0.25, 0.3) is 5.91 Å². The van der Waals surface area contributed by atoms with Crippen LogP contribution in [0.25, 0.3) is 0 Å². The molecule has 0 saturated carbocycles. The van der Waals surface area contributed by atoms with Gasteiger partial charge in [0.05, 0.1) is 7.11 Å². The van der Waals surface area contributed by atoms with Gasteiger partial charge in [0.15, 0.2) is 29.3 Å². The Labute approximate surface area is 250 Å². The fraction of sp³-hybridized carbons (Fsp3) is 0.406. The Kier molecular flexibility index (Phi) is 11.9. The van der Waals surface area contributed by atoms with Crippen molar-refractivity contribution in [3.8, 4) is 11.5 Å². The second-order valence-electron chi connectivity index (χ2n) is 10.5. The molecule has 1 aliphatic heterocycles. The molecule has 1 saturated heterocycles. The summed E-state index contributed by atoms with van der Waals surface area (Å²) >= 11 is 0. The maximum absolute atomic E-state index is 13.5. The number of ether oxygens (including phenoxy) is 4. The lowest BCUT2D eigenvalue weighted by Gasteiger charge is -2.29. The van der Waals surface area contributed by atoms with Crippen molar-refractivity contribution in [3.63, 3.8) is 0 Å². The van der Waals surface area contributed by atoms with E-state index in [2.05, 4.69) is 16.4 Å². The number of amides is 1. The summed E-state index contributed by atoms with van der Waals surface area (Å²) in [6, 6.07) is 9.02. The maximum atomic E-state index is 13.5. The number of aromatic hydroxyl groups is 1. The SMILES string of the molecule is COc1ccnc(C(=O)NC2COC(=O)C(Cc3ccccc3)C(OC(=O)/C=C(\C)CCC=C(C)C)C(C)OC2=O)c1O. The van der Waals surface area contributed by atoms with Crippen LogP contribution < -0.4 is 10.1 Å². The Bertz CT molecular complexity index is 1370. The van der Waals surface area contributed by atoms with Gasteiger partial charge in [-0.1, -0.05) is 47.6 Å². The molecule has 11 nitrogen and oxygen atoms in total. The molecule has 4 unspecified atom stereocenters. The van der Waals surface area contributed by atoms with Gasteiger partial charge in [0.1, 0.15) is 18.6 Å². The van der Waals surface area contributed by atoms with Crippen LogP contribution in [0.3, 0.4) is 0 Å². The number of esters is 3. The molecule has 230 valence electrons. The summed E-state index contributed by atoms with van der Waals surface area (Å²) in [5, 5.41) is 12.7. The van der Waals surface area contributed by atoms with Crippen LogP contribution in [0.15, 0.2) is 65.9 Å². The quantitative estimate of drug-likeness (QED) is 0.180. The zero-order valence-corrected chi connectivity index (χ0v) is 25.0. The van der Waals surface area contributed by atoms with Crippen molar-refractivity contribution in [2.75, 3.05) is 13.7 Å². The van der Waals surface area contributed by atoms with E-state index in [-0.39, 0.29) is 12.2 Å². The Morgan fingerprint density at radius 3 is 2.51 bits per heavy atom. The van der Waals surface area contributed by atoms with E-state index >= 15 is 0 Å². The summed E-state index contributed by atoms with van der Waals surface area (Å²) in [6.07, 6.45) is 3.95. The number of hydrogen-bond donors (Lipinski definition) is 2. The van der Waals surface area contributed by atoms with E-state index in [9.17, 15) is 24.3 Å². The van der Waals surface area contributed by atoms with Crippen LogP contribution in [-0.2, 0) is 35.0 Å². The lowest BCUT2D eigenvalue weighted by Crippen LogP contribution is -2.46. The molecule has 2 aromatic rings. The molecular formula is C32H38N2O9. The molecule has 1 fully saturated rings. The molecule has 1 amide bonds. The van der Waals surface area contributed by atoms with Gasteiger partial charge < -0.3 is 29.4 Å². The molecule has 0 bridgehead atoms. The first kappa shape index (κ1) is 32.8. The summed E-state index contributed by atoms with van der Waals surface area (Å²) in [7, 11) is 1.31. The Hall–Kier alpha value is -4.67. The summed E-state index contributed by atoms with van der Waals surface area (Å²) in [6.45, 7) is 6.75. The third-order valence-electron chi connectivity index (χ3n) is 6.77. The van der Waals surface area contributed by atoms with E-state index in [1.54, 1.807) is 0 Å². The van der Waals surface area contributed by atoms with E-state index < -0.39 is 66.0 Å². The van der Waals surface area contributed by atoms with Gasteiger partial charge in [0, 0.05) is 18.3 Å². The minimum Gasteiger partial charge on any atom is -0.503 e. The van der Waals surface area contributed by atoms with Crippen LogP contribution in [0.5, 0.6) is 11.5 Å². The van der Waals surface area contributed by atoms with Crippen molar-refractivity contribution in [1.82, 2.24) is 10.3 Å². The monoisotopic (exact) mass is 594 g/mol. The smallest absolute Gasteiger partial charge is 0.332 e. The molecule has 11 heteroatoms. The van der Waals surface area contributed by atoms with Gasteiger partial charge in [-0.15, -0.1) is 0 Å². The Morgan fingerprint density at radius 2 is 1.84 bits per heavy atom. The van der Waals surface area contributed by atoms with Gasteiger partial charge in [-0.2, -0.15) is 0 Å². The third kappa shape index (κ3) is 9.42. The maximum Gasteiger partial charge on any atom is 0.332 e. The first-order valence-corrected chi connectivity index (χ1v) is 13.9. The van der Waals surface area contributed by atoms with Crippen LogP contribution in [0, 0.1) is 5.92 Å². The number of carbonyl (C=O) groups is 4. The molecular weight excluding hydrogens is 556 g/mol. The molecule has 1 aromatic carbocycles. The van der Waals surface area contributed by atoms with E-state index in [0.29, 0.717) is 6.42 Å². The fourth-order valence-corrected chi connectivity index (χ4v) is 4.50. The molecule has 4 atom stereocenters. The number of aromatic nitrogens is 1. The number of carbonyl (C=O) groups excluding carboxylic acids is 4. The molecule has 0 radical (unpaired) electrons. The summed E-state index contributed by atoms with van der Waals surface area (Å²) in [5.41, 5.74) is 2.34. The molecule has 1 aliphatic rings. The minimum atomic E-state index is -1.43. The first-order chi connectivity index (χ1) is 20.5. The van der Waals surface area contributed by atoms with Crippen molar-refractivity contribution < 1.29 is 43.2 Å². The highest BCUT2D eigenvalue weighted by molar-refractivity contribution is 5.98. The van der Waals surface area contributed by atoms with Gasteiger partial charge in [0.2, 0.25) is 0 Å².